The van der Waals surface area contributed by atoms with E-state index in [4.69, 9.17) is 6.42 Å². The van der Waals surface area contributed by atoms with Crippen molar-refractivity contribution in [2.24, 2.45) is 5.92 Å². The first-order valence-corrected chi connectivity index (χ1v) is 7.74. The van der Waals surface area contributed by atoms with Crippen molar-refractivity contribution in [1.82, 2.24) is 9.80 Å². The van der Waals surface area contributed by atoms with Crippen molar-refractivity contribution in [2.45, 2.75) is 13.3 Å². The van der Waals surface area contributed by atoms with Gasteiger partial charge in [-0.15, -0.1) is 6.42 Å². The number of amides is 1. The number of terminal acetylenes is 1. The molecule has 23 heavy (non-hydrogen) atoms. The summed E-state index contributed by atoms with van der Waals surface area (Å²) in [5.74, 6) is 1.50. The van der Waals surface area contributed by atoms with Crippen molar-refractivity contribution in [3.05, 3.63) is 35.6 Å². The minimum atomic E-state index is -0.445. The maximum atomic E-state index is 13.2. The summed E-state index contributed by atoms with van der Waals surface area (Å²) in [6, 6.07) is 5.57. The van der Waals surface area contributed by atoms with Crippen LogP contribution in [0.1, 0.15) is 23.7 Å². The number of nitrogens with zero attached hydrogens (tertiary/aromatic N) is 2. The van der Waals surface area contributed by atoms with Crippen LogP contribution in [0, 0.1) is 24.1 Å². The van der Waals surface area contributed by atoms with Crippen LogP contribution in [0.4, 0.5) is 4.39 Å². The van der Waals surface area contributed by atoms with E-state index in [9.17, 15) is 14.0 Å². The number of carbonyl (C=O) groups is 2. The highest BCUT2D eigenvalue weighted by molar-refractivity contribution is 5.98. The van der Waals surface area contributed by atoms with E-state index in [1.54, 1.807) is 17.9 Å². The van der Waals surface area contributed by atoms with Crippen LogP contribution in [0.2, 0.25) is 0 Å². The van der Waals surface area contributed by atoms with Crippen LogP contribution in [0.15, 0.2) is 24.3 Å². The second-order valence-electron chi connectivity index (χ2n) is 5.84. The van der Waals surface area contributed by atoms with Crippen LogP contribution in [-0.2, 0) is 4.79 Å². The number of carbonyl (C=O) groups excluding carboxylic acids is 2. The second kappa shape index (κ2) is 7.89. The first-order valence-electron chi connectivity index (χ1n) is 7.74. The second-order valence-corrected chi connectivity index (χ2v) is 5.84. The monoisotopic (exact) mass is 316 g/mol. The van der Waals surface area contributed by atoms with Gasteiger partial charge in [0.25, 0.3) is 0 Å². The molecule has 1 atom stereocenters. The van der Waals surface area contributed by atoms with Gasteiger partial charge in [0.15, 0.2) is 5.78 Å². The lowest BCUT2D eigenvalue weighted by Gasteiger charge is -2.35. The molecule has 0 saturated carbocycles. The molecule has 1 heterocycles. The van der Waals surface area contributed by atoms with E-state index in [1.807, 2.05) is 0 Å². The van der Waals surface area contributed by atoms with Crippen molar-refractivity contribution < 1.29 is 14.0 Å². The van der Waals surface area contributed by atoms with Crippen LogP contribution in [-0.4, -0.2) is 54.2 Å². The lowest BCUT2D eigenvalue weighted by Crippen LogP contribution is -2.50. The molecule has 0 spiro atoms. The Labute approximate surface area is 136 Å². The van der Waals surface area contributed by atoms with Gasteiger partial charge >= 0.3 is 0 Å². The van der Waals surface area contributed by atoms with Crippen LogP contribution in [0.5, 0.6) is 0 Å². The predicted octanol–water partition coefficient (Wildman–Crippen LogP) is 1.81. The van der Waals surface area contributed by atoms with Gasteiger partial charge in [-0.1, -0.05) is 25.0 Å². The number of Topliss-reactive ketones (excluding diaryl/α,β-unsaturated/α-hetero) is 1. The van der Waals surface area contributed by atoms with Gasteiger partial charge in [0.2, 0.25) is 5.91 Å². The zero-order chi connectivity index (χ0) is 16.8. The molecule has 0 aromatic heterocycles. The molecule has 0 N–H and O–H groups in total. The Morgan fingerprint density at radius 3 is 2.61 bits per heavy atom. The summed E-state index contributed by atoms with van der Waals surface area (Å²) in [4.78, 5) is 28.5. The summed E-state index contributed by atoms with van der Waals surface area (Å²) >= 11 is 0. The number of rotatable bonds is 5. The Hall–Kier alpha value is -2.19. The molecule has 0 bridgehead atoms. The zero-order valence-electron chi connectivity index (χ0n) is 13.3. The summed E-state index contributed by atoms with van der Waals surface area (Å²) in [7, 11) is 0. The molecular formula is C18H21FN2O2. The molecule has 1 aromatic carbocycles. The predicted molar refractivity (Wildman–Crippen MR) is 86.4 cm³/mol. The van der Waals surface area contributed by atoms with Gasteiger partial charge in [-0.3, -0.25) is 14.5 Å². The van der Waals surface area contributed by atoms with E-state index >= 15 is 0 Å². The first-order chi connectivity index (χ1) is 11.0. The highest BCUT2D eigenvalue weighted by Crippen LogP contribution is 2.15. The molecule has 0 radical (unpaired) electrons. The summed E-state index contributed by atoms with van der Waals surface area (Å²) in [5.41, 5.74) is 0.309. The number of hydrogen-bond acceptors (Lipinski definition) is 3. The minimum absolute atomic E-state index is 0.0323. The third-order valence-electron chi connectivity index (χ3n) is 4.06. The Kier molecular flexibility index (Phi) is 5.89. The maximum Gasteiger partial charge on any atom is 0.225 e. The van der Waals surface area contributed by atoms with E-state index in [0.29, 0.717) is 25.2 Å². The van der Waals surface area contributed by atoms with Crippen LogP contribution >= 0.6 is 0 Å². The molecule has 1 aromatic rings. The summed E-state index contributed by atoms with van der Waals surface area (Å²) in [6.07, 6.45) is 5.38. The lowest BCUT2D eigenvalue weighted by molar-refractivity contribution is -0.136. The van der Waals surface area contributed by atoms with Gasteiger partial charge in [0.1, 0.15) is 5.82 Å². The van der Waals surface area contributed by atoms with Gasteiger partial charge in [0, 0.05) is 44.1 Å². The van der Waals surface area contributed by atoms with Gasteiger partial charge in [-0.05, 0) is 12.1 Å². The van der Waals surface area contributed by atoms with Crippen molar-refractivity contribution in [3.8, 4) is 12.3 Å². The van der Waals surface area contributed by atoms with E-state index < -0.39 is 11.7 Å². The zero-order valence-corrected chi connectivity index (χ0v) is 13.3. The molecule has 4 nitrogen and oxygen atoms in total. The average molecular weight is 316 g/mol. The van der Waals surface area contributed by atoms with E-state index in [0.717, 1.165) is 13.1 Å². The van der Waals surface area contributed by atoms with Crippen LogP contribution < -0.4 is 0 Å². The fraction of sp³-hybridized carbons (Fsp3) is 0.444. The molecule has 2 rings (SSSR count). The van der Waals surface area contributed by atoms with Crippen molar-refractivity contribution in [2.75, 3.05) is 32.7 Å². The molecule has 1 aliphatic heterocycles. The fourth-order valence-corrected chi connectivity index (χ4v) is 2.71. The highest BCUT2D eigenvalue weighted by Gasteiger charge is 2.26. The molecule has 5 heteroatoms. The topological polar surface area (TPSA) is 40.6 Å². The van der Waals surface area contributed by atoms with Gasteiger partial charge < -0.3 is 4.90 Å². The van der Waals surface area contributed by atoms with Crippen molar-refractivity contribution in [1.29, 1.82) is 0 Å². The fourth-order valence-electron chi connectivity index (χ4n) is 2.71. The van der Waals surface area contributed by atoms with Gasteiger partial charge in [-0.2, -0.15) is 0 Å². The maximum absolute atomic E-state index is 13.2. The van der Waals surface area contributed by atoms with Crippen molar-refractivity contribution >= 4 is 11.7 Å². The van der Waals surface area contributed by atoms with Gasteiger partial charge in [0.05, 0.1) is 6.54 Å². The molecule has 1 aliphatic rings. The van der Waals surface area contributed by atoms with Gasteiger partial charge in [-0.25, -0.2) is 4.39 Å². The molecule has 0 unspecified atom stereocenters. The van der Waals surface area contributed by atoms with E-state index in [-0.39, 0.29) is 18.1 Å². The minimum Gasteiger partial charge on any atom is -0.340 e. The molecule has 1 amide bonds. The quantitative estimate of drug-likeness (QED) is 0.614. The summed E-state index contributed by atoms with van der Waals surface area (Å²) in [6.45, 7) is 5.09. The Morgan fingerprint density at radius 1 is 1.30 bits per heavy atom. The van der Waals surface area contributed by atoms with Crippen molar-refractivity contribution in [3.63, 3.8) is 0 Å². The Bertz CT molecular complexity index is 616. The number of ketones is 1. The number of piperazine rings is 1. The molecule has 122 valence electrons. The Balaban J connectivity index is 1.88. The molecule has 1 saturated heterocycles. The number of hydrogen-bond donors (Lipinski definition) is 0. The average Bonchev–Trinajstić information content (AvgIpc) is 2.55. The van der Waals surface area contributed by atoms with Crippen LogP contribution in [0.3, 0.4) is 0 Å². The third-order valence-corrected chi connectivity index (χ3v) is 4.06. The van der Waals surface area contributed by atoms with E-state index in [2.05, 4.69) is 10.8 Å². The molecule has 1 fully saturated rings. The normalized spacial score (nSPS) is 16.7. The Morgan fingerprint density at radius 2 is 2.00 bits per heavy atom. The first kappa shape index (κ1) is 17.2. The van der Waals surface area contributed by atoms with Crippen LogP contribution in [0.25, 0.3) is 0 Å². The van der Waals surface area contributed by atoms with E-state index in [1.165, 1.54) is 18.2 Å². The number of benzene rings is 1. The SMILES string of the molecule is C#CCN1CCN(C(=O)[C@H](C)CC(=O)c2cccc(F)c2)CC1. The number of halogens is 1. The highest BCUT2D eigenvalue weighted by atomic mass is 19.1. The smallest absolute Gasteiger partial charge is 0.225 e. The molecule has 0 aliphatic carbocycles. The lowest BCUT2D eigenvalue weighted by atomic mass is 9.98. The summed E-state index contributed by atoms with van der Waals surface area (Å²) in [5, 5.41) is 0. The summed E-state index contributed by atoms with van der Waals surface area (Å²) < 4.78 is 13.2. The standard InChI is InChI=1S/C18H21FN2O2/c1-3-7-20-8-10-21(11-9-20)18(23)14(2)12-17(22)15-5-4-6-16(19)13-15/h1,4-6,13-14H,7-12H2,2H3/t14-/m1/s1. The third kappa shape index (κ3) is 4.64. The largest absolute Gasteiger partial charge is 0.340 e. The molecular weight excluding hydrogens is 295 g/mol.